The van der Waals surface area contributed by atoms with Crippen LogP contribution in [-0.2, 0) is 17.6 Å². The maximum absolute atomic E-state index is 12.4. The van der Waals surface area contributed by atoms with E-state index in [0.29, 0.717) is 22.9 Å². The molecular formula is C17H15Cl2NO. The predicted octanol–water partition coefficient (Wildman–Crippen LogP) is 4.52. The van der Waals surface area contributed by atoms with Gasteiger partial charge in [-0.25, -0.2) is 0 Å². The summed E-state index contributed by atoms with van der Waals surface area (Å²) in [6.45, 7) is 0.777. The van der Waals surface area contributed by atoms with Crippen LogP contribution in [0.3, 0.4) is 0 Å². The van der Waals surface area contributed by atoms with Gasteiger partial charge in [0.2, 0.25) is 5.91 Å². The quantitative estimate of drug-likeness (QED) is 0.814. The molecule has 0 N–H and O–H groups in total. The first-order valence-electron chi connectivity index (χ1n) is 6.97. The number of carbonyl (C=O) groups excluding carboxylic acids is 1. The maximum atomic E-state index is 12.4. The van der Waals surface area contributed by atoms with Crippen LogP contribution in [0.5, 0.6) is 0 Å². The highest BCUT2D eigenvalue weighted by atomic mass is 35.5. The molecule has 2 aromatic rings. The monoisotopic (exact) mass is 319 g/mol. The molecule has 1 aliphatic heterocycles. The van der Waals surface area contributed by atoms with Gasteiger partial charge in [-0.3, -0.25) is 4.79 Å². The summed E-state index contributed by atoms with van der Waals surface area (Å²) in [7, 11) is 0. The fraction of sp³-hybridized carbons (Fsp3) is 0.235. The van der Waals surface area contributed by atoms with E-state index in [0.717, 1.165) is 24.2 Å². The number of rotatable bonds is 3. The van der Waals surface area contributed by atoms with Gasteiger partial charge in [0.05, 0.1) is 10.0 Å². The van der Waals surface area contributed by atoms with Gasteiger partial charge < -0.3 is 4.90 Å². The Kier molecular flexibility index (Phi) is 4.18. The summed E-state index contributed by atoms with van der Waals surface area (Å²) in [5.41, 5.74) is 3.34. The van der Waals surface area contributed by atoms with Gasteiger partial charge in [-0.1, -0.05) is 47.5 Å². The third kappa shape index (κ3) is 3.07. The largest absolute Gasteiger partial charge is 0.312 e. The normalized spacial score (nSPS) is 13.3. The SMILES string of the molecule is O=C(CCc1ccc(Cl)c(Cl)c1)N1CCc2ccccc21. The van der Waals surface area contributed by atoms with Crippen molar-refractivity contribution in [2.24, 2.45) is 0 Å². The molecule has 0 radical (unpaired) electrons. The van der Waals surface area contributed by atoms with E-state index in [-0.39, 0.29) is 5.91 Å². The summed E-state index contributed by atoms with van der Waals surface area (Å²) < 4.78 is 0. The van der Waals surface area contributed by atoms with Gasteiger partial charge in [0, 0.05) is 18.7 Å². The van der Waals surface area contributed by atoms with Gasteiger partial charge >= 0.3 is 0 Å². The highest BCUT2D eigenvalue weighted by Crippen LogP contribution is 2.28. The number of hydrogen-bond acceptors (Lipinski definition) is 1. The van der Waals surface area contributed by atoms with Crippen molar-refractivity contribution in [2.45, 2.75) is 19.3 Å². The Hall–Kier alpha value is -1.51. The standard InChI is InChI=1S/C17H15Cl2NO/c18-14-7-5-12(11-15(14)19)6-8-17(21)20-10-9-13-3-1-2-4-16(13)20/h1-5,7,11H,6,8-10H2. The van der Waals surface area contributed by atoms with E-state index in [1.807, 2.05) is 35.2 Å². The molecule has 1 aliphatic rings. The lowest BCUT2D eigenvalue weighted by Crippen LogP contribution is -2.29. The van der Waals surface area contributed by atoms with Crippen LogP contribution in [0.4, 0.5) is 5.69 Å². The number of fused-ring (bicyclic) bond motifs is 1. The Morgan fingerprint density at radius 1 is 1.10 bits per heavy atom. The molecule has 4 heteroatoms. The van der Waals surface area contributed by atoms with E-state index in [1.165, 1.54) is 5.56 Å². The summed E-state index contributed by atoms with van der Waals surface area (Å²) in [4.78, 5) is 14.3. The fourth-order valence-corrected chi connectivity index (χ4v) is 3.00. The predicted molar refractivity (Wildman–Crippen MR) is 87.3 cm³/mol. The Morgan fingerprint density at radius 2 is 1.90 bits per heavy atom. The molecule has 2 aromatic carbocycles. The second-order valence-electron chi connectivity index (χ2n) is 5.17. The number of halogens is 2. The minimum absolute atomic E-state index is 0.158. The third-order valence-corrected chi connectivity index (χ3v) is 4.54. The van der Waals surface area contributed by atoms with Gasteiger partial charge in [0.25, 0.3) is 0 Å². The second kappa shape index (κ2) is 6.08. The molecule has 108 valence electrons. The number of para-hydroxylation sites is 1. The molecule has 0 aromatic heterocycles. The van der Waals surface area contributed by atoms with E-state index in [1.54, 1.807) is 6.07 Å². The molecule has 21 heavy (non-hydrogen) atoms. The van der Waals surface area contributed by atoms with Crippen molar-refractivity contribution in [3.63, 3.8) is 0 Å². The maximum Gasteiger partial charge on any atom is 0.227 e. The van der Waals surface area contributed by atoms with E-state index in [2.05, 4.69) is 6.07 Å². The smallest absolute Gasteiger partial charge is 0.227 e. The van der Waals surface area contributed by atoms with Crippen LogP contribution in [0.25, 0.3) is 0 Å². The summed E-state index contributed by atoms with van der Waals surface area (Å²) >= 11 is 11.9. The lowest BCUT2D eigenvalue weighted by molar-refractivity contribution is -0.118. The molecular weight excluding hydrogens is 305 g/mol. The van der Waals surface area contributed by atoms with Crippen LogP contribution in [0.1, 0.15) is 17.5 Å². The summed E-state index contributed by atoms with van der Waals surface area (Å²) in [6.07, 6.45) is 2.09. The highest BCUT2D eigenvalue weighted by Gasteiger charge is 2.23. The molecule has 0 bridgehead atoms. The Labute approximate surface area is 134 Å². The Bertz CT molecular complexity index is 684. The first-order valence-corrected chi connectivity index (χ1v) is 7.73. The molecule has 0 fully saturated rings. The summed E-state index contributed by atoms with van der Waals surface area (Å²) in [6, 6.07) is 13.6. The number of amides is 1. The van der Waals surface area contributed by atoms with Crippen molar-refractivity contribution < 1.29 is 4.79 Å². The number of anilines is 1. The van der Waals surface area contributed by atoms with Crippen LogP contribution >= 0.6 is 23.2 Å². The van der Waals surface area contributed by atoms with Crippen molar-refractivity contribution in [3.8, 4) is 0 Å². The van der Waals surface area contributed by atoms with E-state index in [4.69, 9.17) is 23.2 Å². The van der Waals surface area contributed by atoms with Crippen LogP contribution in [0.2, 0.25) is 10.0 Å². The first kappa shape index (κ1) is 14.4. The Morgan fingerprint density at radius 3 is 2.71 bits per heavy atom. The van der Waals surface area contributed by atoms with Crippen LogP contribution < -0.4 is 4.90 Å². The highest BCUT2D eigenvalue weighted by molar-refractivity contribution is 6.42. The van der Waals surface area contributed by atoms with Gasteiger partial charge in [-0.2, -0.15) is 0 Å². The van der Waals surface area contributed by atoms with Gasteiger partial charge in [-0.05, 0) is 42.2 Å². The van der Waals surface area contributed by atoms with E-state index < -0.39 is 0 Å². The lowest BCUT2D eigenvalue weighted by atomic mass is 10.1. The lowest BCUT2D eigenvalue weighted by Gasteiger charge is -2.17. The number of hydrogen-bond donors (Lipinski definition) is 0. The van der Waals surface area contributed by atoms with Gasteiger partial charge in [0.15, 0.2) is 0 Å². The fourth-order valence-electron chi connectivity index (χ4n) is 2.68. The zero-order chi connectivity index (χ0) is 14.8. The number of carbonyl (C=O) groups is 1. The van der Waals surface area contributed by atoms with Crippen LogP contribution in [0, 0.1) is 0 Å². The molecule has 3 rings (SSSR count). The van der Waals surface area contributed by atoms with Crippen molar-refractivity contribution in [1.29, 1.82) is 0 Å². The molecule has 1 heterocycles. The minimum atomic E-state index is 0.158. The van der Waals surface area contributed by atoms with E-state index >= 15 is 0 Å². The topological polar surface area (TPSA) is 20.3 Å². The Balaban J connectivity index is 1.66. The summed E-state index contributed by atoms with van der Waals surface area (Å²) in [5, 5.41) is 1.08. The van der Waals surface area contributed by atoms with Crippen molar-refractivity contribution in [1.82, 2.24) is 0 Å². The molecule has 2 nitrogen and oxygen atoms in total. The average Bonchev–Trinajstić information content (AvgIpc) is 2.92. The minimum Gasteiger partial charge on any atom is -0.312 e. The van der Waals surface area contributed by atoms with E-state index in [9.17, 15) is 4.79 Å². The zero-order valence-corrected chi connectivity index (χ0v) is 13.0. The van der Waals surface area contributed by atoms with Crippen molar-refractivity contribution >= 4 is 34.8 Å². The summed E-state index contributed by atoms with van der Waals surface area (Å²) in [5.74, 6) is 0.158. The number of benzene rings is 2. The van der Waals surface area contributed by atoms with Gasteiger partial charge in [0.1, 0.15) is 0 Å². The third-order valence-electron chi connectivity index (χ3n) is 3.80. The van der Waals surface area contributed by atoms with Gasteiger partial charge in [-0.15, -0.1) is 0 Å². The van der Waals surface area contributed by atoms with Crippen molar-refractivity contribution in [2.75, 3.05) is 11.4 Å². The van der Waals surface area contributed by atoms with Crippen molar-refractivity contribution in [3.05, 3.63) is 63.6 Å². The number of nitrogens with zero attached hydrogens (tertiary/aromatic N) is 1. The molecule has 0 aliphatic carbocycles. The average molecular weight is 320 g/mol. The molecule has 0 saturated carbocycles. The first-order chi connectivity index (χ1) is 10.1. The molecule has 1 amide bonds. The number of aryl methyl sites for hydroxylation is 1. The second-order valence-corrected chi connectivity index (χ2v) is 5.99. The molecule has 0 spiro atoms. The van der Waals surface area contributed by atoms with Crippen LogP contribution in [-0.4, -0.2) is 12.5 Å². The van der Waals surface area contributed by atoms with Crippen LogP contribution in [0.15, 0.2) is 42.5 Å². The molecule has 0 saturated heterocycles. The zero-order valence-electron chi connectivity index (χ0n) is 11.5. The molecule has 0 unspecified atom stereocenters. The molecule has 0 atom stereocenters.